The molecule has 26 heavy (non-hydrogen) atoms. The summed E-state index contributed by atoms with van der Waals surface area (Å²) >= 11 is 0. The fraction of sp³-hybridized carbons (Fsp3) is 0.526. The number of nitrogens with zero attached hydrogens (tertiary/aromatic N) is 5. The number of likely N-dealkylation sites (tertiary alicyclic amines) is 1. The predicted octanol–water partition coefficient (Wildman–Crippen LogP) is 1.51. The molecule has 2 aliphatic rings. The Bertz CT molecular complexity index is 753. The van der Waals surface area contributed by atoms with Gasteiger partial charge in [0.15, 0.2) is 12.4 Å². The van der Waals surface area contributed by atoms with Crippen molar-refractivity contribution in [3.8, 4) is 5.75 Å². The monoisotopic (exact) mass is 355 g/mol. The van der Waals surface area contributed by atoms with E-state index in [1.807, 2.05) is 35.2 Å². The number of aromatic nitrogens is 3. The first kappa shape index (κ1) is 17.0. The van der Waals surface area contributed by atoms with E-state index in [4.69, 9.17) is 4.74 Å². The molecule has 1 saturated heterocycles. The minimum atomic E-state index is -0.0102. The second-order valence-electron chi connectivity index (χ2n) is 7.12. The molecule has 4 rings (SSSR count). The van der Waals surface area contributed by atoms with Crippen LogP contribution in [0, 0.1) is 0 Å². The zero-order valence-corrected chi connectivity index (χ0v) is 15.2. The Hall–Kier alpha value is -2.41. The van der Waals surface area contributed by atoms with E-state index in [0.717, 1.165) is 44.1 Å². The number of rotatable bonds is 4. The molecule has 0 saturated carbocycles. The lowest BCUT2D eigenvalue weighted by atomic mass is 9.96. The molecule has 0 spiro atoms. The van der Waals surface area contributed by atoms with E-state index in [1.54, 1.807) is 0 Å². The van der Waals surface area contributed by atoms with Gasteiger partial charge in [-0.2, -0.15) is 0 Å². The zero-order chi connectivity index (χ0) is 17.9. The van der Waals surface area contributed by atoms with Gasteiger partial charge < -0.3 is 19.1 Å². The molecule has 0 unspecified atom stereocenters. The second-order valence-corrected chi connectivity index (χ2v) is 7.12. The SMILES string of the molecule is CN1CCC(c2nnc3n2CCN(C(=O)COc2ccccc2)C3)CC1. The summed E-state index contributed by atoms with van der Waals surface area (Å²) in [5.41, 5.74) is 0. The van der Waals surface area contributed by atoms with Crippen molar-refractivity contribution in [3.63, 3.8) is 0 Å². The average molecular weight is 355 g/mol. The van der Waals surface area contributed by atoms with Gasteiger partial charge in [-0.15, -0.1) is 10.2 Å². The van der Waals surface area contributed by atoms with Crippen molar-refractivity contribution in [2.75, 3.05) is 33.3 Å². The smallest absolute Gasteiger partial charge is 0.260 e. The Morgan fingerprint density at radius 1 is 1.12 bits per heavy atom. The van der Waals surface area contributed by atoms with Crippen molar-refractivity contribution in [3.05, 3.63) is 42.0 Å². The number of hydrogen-bond donors (Lipinski definition) is 0. The summed E-state index contributed by atoms with van der Waals surface area (Å²) in [5, 5.41) is 8.83. The van der Waals surface area contributed by atoms with Gasteiger partial charge in [0.25, 0.3) is 5.91 Å². The Kier molecular flexibility index (Phi) is 4.88. The lowest BCUT2D eigenvalue weighted by molar-refractivity contribution is -0.134. The van der Waals surface area contributed by atoms with E-state index in [2.05, 4.69) is 26.7 Å². The van der Waals surface area contributed by atoms with Crippen LogP contribution >= 0.6 is 0 Å². The Labute approximate surface area is 153 Å². The first-order valence-electron chi connectivity index (χ1n) is 9.27. The quantitative estimate of drug-likeness (QED) is 0.832. The van der Waals surface area contributed by atoms with Gasteiger partial charge in [0.05, 0.1) is 6.54 Å². The Balaban J connectivity index is 1.37. The third kappa shape index (κ3) is 3.58. The molecule has 2 aromatic rings. The minimum Gasteiger partial charge on any atom is -0.484 e. The summed E-state index contributed by atoms with van der Waals surface area (Å²) in [7, 11) is 2.16. The van der Waals surface area contributed by atoms with Gasteiger partial charge in [-0.05, 0) is 45.1 Å². The van der Waals surface area contributed by atoms with Gasteiger partial charge in [-0.3, -0.25) is 4.79 Å². The summed E-state index contributed by atoms with van der Waals surface area (Å²) in [5.74, 6) is 3.17. The molecule has 3 heterocycles. The third-order valence-corrected chi connectivity index (χ3v) is 5.32. The first-order valence-corrected chi connectivity index (χ1v) is 9.27. The molecule has 1 fully saturated rings. The summed E-state index contributed by atoms with van der Waals surface area (Å²) in [6.45, 7) is 4.22. The highest BCUT2D eigenvalue weighted by atomic mass is 16.5. The topological polar surface area (TPSA) is 63.5 Å². The molecule has 7 nitrogen and oxygen atoms in total. The van der Waals surface area contributed by atoms with Gasteiger partial charge in [-0.25, -0.2) is 0 Å². The van der Waals surface area contributed by atoms with Crippen molar-refractivity contribution in [2.45, 2.75) is 31.8 Å². The summed E-state index contributed by atoms with van der Waals surface area (Å²) in [6.07, 6.45) is 2.25. The van der Waals surface area contributed by atoms with E-state index < -0.39 is 0 Å². The number of hydrogen-bond acceptors (Lipinski definition) is 5. The maximum atomic E-state index is 12.5. The van der Waals surface area contributed by atoms with Crippen LogP contribution < -0.4 is 4.74 Å². The average Bonchev–Trinajstić information content (AvgIpc) is 3.11. The molecule has 1 aromatic carbocycles. The van der Waals surface area contributed by atoms with Crippen LogP contribution in [0.15, 0.2) is 30.3 Å². The largest absolute Gasteiger partial charge is 0.484 e. The van der Waals surface area contributed by atoms with Crippen molar-refractivity contribution in [2.24, 2.45) is 0 Å². The number of amides is 1. The molecule has 1 amide bonds. The fourth-order valence-corrected chi connectivity index (χ4v) is 3.71. The van der Waals surface area contributed by atoms with Crippen molar-refractivity contribution >= 4 is 5.91 Å². The molecule has 7 heteroatoms. The lowest BCUT2D eigenvalue weighted by Crippen LogP contribution is -2.41. The van der Waals surface area contributed by atoms with Crippen LogP contribution in [0.25, 0.3) is 0 Å². The van der Waals surface area contributed by atoms with Crippen LogP contribution in [0.5, 0.6) is 5.75 Å². The lowest BCUT2D eigenvalue weighted by Gasteiger charge is -2.31. The minimum absolute atomic E-state index is 0.0102. The van der Waals surface area contributed by atoms with Crippen LogP contribution in [-0.4, -0.2) is 63.8 Å². The number of para-hydroxylation sites is 1. The summed E-state index contributed by atoms with van der Waals surface area (Å²) in [6, 6.07) is 9.43. The number of carbonyl (C=O) groups excluding carboxylic acids is 1. The van der Waals surface area contributed by atoms with Crippen molar-refractivity contribution in [1.29, 1.82) is 0 Å². The van der Waals surface area contributed by atoms with E-state index in [-0.39, 0.29) is 12.5 Å². The molecular weight excluding hydrogens is 330 g/mol. The Morgan fingerprint density at radius 2 is 1.88 bits per heavy atom. The number of piperidine rings is 1. The van der Waals surface area contributed by atoms with E-state index >= 15 is 0 Å². The molecule has 0 N–H and O–H groups in total. The van der Waals surface area contributed by atoms with Crippen molar-refractivity contribution in [1.82, 2.24) is 24.6 Å². The maximum Gasteiger partial charge on any atom is 0.260 e. The molecule has 0 aliphatic carbocycles. The highest BCUT2D eigenvalue weighted by molar-refractivity contribution is 5.77. The number of fused-ring (bicyclic) bond motifs is 1. The van der Waals surface area contributed by atoms with Gasteiger partial charge in [0, 0.05) is 19.0 Å². The fourth-order valence-electron chi connectivity index (χ4n) is 3.71. The van der Waals surface area contributed by atoms with Crippen molar-refractivity contribution < 1.29 is 9.53 Å². The standard InChI is InChI=1S/C19H25N5O2/c1-22-9-7-15(8-10-22)19-21-20-17-13-23(11-12-24(17)19)18(25)14-26-16-5-3-2-4-6-16/h2-6,15H,7-14H2,1H3. The van der Waals surface area contributed by atoms with Gasteiger partial charge in [-0.1, -0.05) is 18.2 Å². The van der Waals surface area contributed by atoms with Gasteiger partial charge in [0.1, 0.15) is 11.6 Å². The van der Waals surface area contributed by atoms with Gasteiger partial charge >= 0.3 is 0 Å². The highest BCUT2D eigenvalue weighted by Crippen LogP contribution is 2.28. The number of benzene rings is 1. The van der Waals surface area contributed by atoms with Crippen LogP contribution in [0.3, 0.4) is 0 Å². The maximum absolute atomic E-state index is 12.5. The van der Waals surface area contributed by atoms with Crippen LogP contribution in [0.2, 0.25) is 0 Å². The molecule has 138 valence electrons. The second kappa shape index (κ2) is 7.45. The molecule has 0 atom stereocenters. The first-order chi connectivity index (χ1) is 12.7. The van der Waals surface area contributed by atoms with E-state index in [1.165, 1.54) is 0 Å². The Morgan fingerprint density at radius 3 is 2.65 bits per heavy atom. The highest BCUT2D eigenvalue weighted by Gasteiger charge is 2.29. The van der Waals surface area contributed by atoms with E-state index in [0.29, 0.717) is 24.8 Å². The summed E-state index contributed by atoms with van der Waals surface area (Å²) in [4.78, 5) is 16.6. The van der Waals surface area contributed by atoms with E-state index in [9.17, 15) is 4.79 Å². The number of carbonyl (C=O) groups is 1. The molecule has 1 aromatic heterocycles. The van der Waals surface area contributed by atoms with Crippen LogP contribution in [0.1, 0.15) is 30.4 Å². The van der Waals surface area contributed by atoms with Crippen LogP contribution in [0.4, 0.5) is 0 Å². The molecule has 0 bridgehead atoms. The van der Waals surface area contributed by atoms with Crippen LogP contribution in [-0.2, 0) is 17.9 Å². The van der Waals surface area contributed by atoms with Gasteiger partial charge in [0.2, 0.25) is 0 Å². The molecule has 2 aliphatic heterocycles. The number of ether oxygens (including phenoxy) is 1. The zero-order valence-electron chi connectivity index (χ0n) is 15.2. The molecule has 0 radical (unpaired) electrons. The molecular formula is C19H25N5O2. The summed E-state index contributed by atoms with van der Waals surface area (Å²) < 4.78 is 7.80. The third-order valence-electron chi connectivity index (χ3n) is 5.32. The normalized spacial score (nSPS) is 18.6. The predicted molar refractivity (Wildman–Crippen MR) is 96.8 cm³/mol.